The zero-order valence-corrected chi connectivity index (χ0v) is 20.0. The molecule has 1 N–H and O–H groups in total. The van der Waals surface area contributed by atoms with Gasteiger partial charge in [-0.3, -0.25) is 9.79 Å². The fraction of sp³-hybridized carbons (Fsp3) is 0.565. The Labute approximate surface area is 184 Å². The zero-order valence-electron chi connectivity index (χ0n) is 18.4. The van der Waals surface area contributed by atoms with E-state index in [0.29, 0.717) is 4.91 Å². The lowest BCUT2D eigenvalue weighted by Gasteiger charge is -2.18. The van der Waals surface area contributed by atoms with Gasteiger partial charge in [0.05, 0.1) is 27.3 Å². The van der Waals surface area contributed by atoms with Crippen LogP contribution in [-0.4, -0.2) is 38.4 Å². The van der Waals surface area contributed by atoms with Crippen LogP contribution in [0.4, 0.5) is 0 Å². The third-order valence-electron chi connectivity index (χ3n) is 5.84. The standard InChI is InChI=1S/C23H32N2O3S2/c1-5-30(28,15-24-14-21(29-4)23(2,3)27)25-22(26)13-20-18-10-6-8-16(18)12-17-9-7-11-19(17)20/h12,14-15,27H,5-11,13H2,1-4H3/b21-14-,24-15?. The molecule has 0 fully saturated rings. The Kier molecular flexibility index (Phi) is 7.25. The minimum absolute atomic E-state index is 0.220. The van der Waals surface area contributed by atoms with E-state index in [1.165, 1.54) is 45.8 Å². The molecule has 3 rings (SSSR count). The van der Waals surface area contributed by atoms with E-state index < -0.39 is 15.3 Å². The molecule has 30 heavy (non-hydrogen) atoms. The molecular formula is C23H32N2O3S2. The van der Waals surface area contributed by atoms with Crippen LogP contribution in [0, 0.1) is 0 Å². The molecule has 1 unspecified atom stereocenters. The average molecular weight is 449 g/mol. The first-order valence-corrected chi connectivity index (χ1v) is 13.6. The molecule has 164 valence electrons. The number of aliphatic hydroxyl groups is 1. The number of aliphatic imine (C=N–C) groups is 1. The van der Waals surface area contributed by atoms with Crippen LogP contribution in [-0.2, 0) is 46.6 Å². The van der Waals surface area contributed by atoms with Gasteiger partial charge < -0.3 is 5.11 Å². The zero-order chi connectivity index (χ0) is 21.9. The molecule has 0 saturated heterocycles. The maximum Gasteiger partial charge on any atom is 0.258 e. The van der Waals surface area contributed by atoms with Crippen molar-refractivity contribution in [2.24, 2.45) is 9.36 Å². The summed E-state index contributed by atoms with van der Waals surface area (Å²) in [6.45, 7) is 5.09. The highest BCUT2D eigenvalue weighted by Crippen LogP contribution is 2.35. The quantitative estimate of drug-likeness (QED) is 0.500. The van der Waals surface area contributed by atoms with Gasteiger partial charge in [0.25, 0.3) is 5.91 Å². The lowest BCUT2D eigenvalue weighted by Crippen LogP contribution is -2.19. The number of fused-ring (bicyclic) bond motifs is 2. The van der Waals surface area contributed by atoms with Gasteiger partial charge in [-0.25, -0.2) is 4.21 Å². The molecule has 1 aromatic carbocycles. The Bertz CT molecular complexity index is 978. The Hall–Kier alpha value is -1.44. The minimum atomic E-state index is -2.88. The highest BCUT2D eigenvalue weighted by atomic mass is 32.2. The van der Waals surface area contributed by atoms with Gasteiger partial charge in [-0.1, -0.05) is 13.0 Å². The van der Waals surface area contributed by atoms with Crippen LogP contribution < -0.4 is 0 Å². The number of thioether (sulfide) groups is 1. The largest absolute Gasteiger partial charge is 0.385 e. The van der Waals surface area contributed by atoms with Gasteiger partial charge in [0.15, 0.2) is 0 Å². The molecule has 0 saturated carbocycles. The molecule has 1 amide bonds. The molecule has 1 atom stereocenters. The summed E-state index contributed by atoms with van der Waals surface area (Å²) in [5.74, 6) is -0.114. The Balaban J connectivity index is 1.86. The van der Waals surface area contributed by atoms with Crippen LogP contribution in [0.1, 0.15) is 61.4 Å². The summed E-state index contributed by atoms with van der Waals surface area (Å²) in [6, 6.07) is 2.34. The predicted octanol–water partition coefficient (Wildman–Crippen LogP) is 4.22. The Morgan fingerprint density at radius 1 is 1.20 bits per heavy atom. The number of benzene rings is 1. The smallest absolute Gasteiger partial charge is 0.258 e. The second-order valence-electron chi connectivity index (χ2n) is 8.49. The van der Waals surface area contributed by atoms with Crippen molar-refractivity contribution in [1.29, 1.82) is 0 Å². The summed E-state index contributed by atoms with van der Waals surface area (Å²) in [7, 11) is -2.88. The van der Waals surface area contributed by atoms with Gasteiger partial charge in [0.2, 0.25) is 0 Å². The first kappa shape index (κ1) is 23.2. The van der Waals surface area contributed by atoms with Crippen LogP contribution in [0.3, 0.4) is 0 Å². The van der Waals surface area contributed by atoms with E-state index in [2.05, 4.69) is 15.4 Å². The van der Waals surface area contributed by atoms with Crippen molar-refractivity contribution in [1.82, 2.24) is 0 Å². The lowest BCUT2D eigenvalue weighted by atomic mass is 9.92. The molecule has 0 aromatic heterocycles. The number of carbonyl (C=O) groups excluding carboxylic acids is 1. The molecular weight excluding hydrogens is 416 g/mol. The van der Waals surface area contributed by atoms with E-state index in [-0.39, 0.29) is 18.1 Å². The van der Waals surface area contributed by atoms with E-state index in [1.807, 2.05) is 6.26 Å². The minimum Gasteiger partial charge on any atom is -0.385 e. The second-order valence-corrected chi connectivity index (χ2v) is 11.7. The van der Waals surface area contributed by atoms with E-state index in [4.69, 9.17) is 0 Å². The van der Waals surface area contributed by atoms with Crippen molar-refractivity contribution >= 4 is 32.9 Å². The number of carbonyl (C=O) groups is 1. The van der Waals surface area contributed by atoms with Crippen molar-refractivity contribution < 1.29 is 14.1 Å². The fourth-order valence-electron chi connectivity index (χ4n) is 4.32. The molecule has 0 bridgehead atoms. The molecule has 0 radical (unpaired) electrons. The van der Waals surface area contributed by atoms with E-state index >= 15 is 0 Å². The van der Waals surface area contributed by atoms with Gasteiger partial charge in [-0.05, 0) is 86.4 Å². The average Bonchev–Trinajstić information content (AvgIpc) is 3.33. The Morgan fingerprint density at radius 2 is 1.80 bits per heavy atom. The number of rotatable bonds is 7. The van der Waals surface area contributed by atoms with Gasteiger partial charge in [0.1, 0.15) is 0 Å². The predicted molar refractivity (Wildman–Crippen MR) is 127 cm³/mol. The maximum atomic E-state index is 13.1. The van der Waals surface area contributed by atoms with E-state index in [9.17, 15) is 14.1 Å². The van der Waals surface area contributed by atoms with Crippen molar-refractivity contribution in [2.45, 2.75) is 71.3 Å². The van der Waals surface area contributed by atoms with Gasteiger partial charge in [-0.2, -0.15) is 4.36 Å². The summed E-state index contributed by atoms with van der Waals surface area (Å²) in [5, 5.41) is 10.1. The summed E-state index contributed by atoms with van der Waals surface area (Å²) in [5.41, 5.74) is 6.82. The lowest BCUT2D eigenvalue weighted by molar-refractivity contribution is -0.117. The van der Waals surface area contributed by atoms with Gasteiger partial charge in [0, 0.05) is 16.9 Å². The molecule has 2 aliphatic rings. The van der Waals surface area contributed by atoms with Crippen molar-refractivity contribution in [3.8, 4) is 0 Å². The normalized spacial score (nSPS) is 18.4. The number of nitrogens with zero attached hydrogens (tertiary/aromatic N) is 2. The molecule has 0 heterocycles. The first-order valence-electron chi connectivity index (χ1n) is 10.6. The first-order chi connectivity index (χ1) is 14.2. The monoisotopic (exact) mass is 448 g/mol. The Morgan fingerprint density at radius 3 is 2.30 bits per heavy atom. The number of amides is 1. The third kappa shape index (κ3) is 5.24. The molecule has 2 aliphatic carbocycles. The second kappa shape index (κ2) is 9.37. The van der Waals surface area contributed by atoms with Gasteiger partial charge in [-0.15, -0.1) is 11.8 Å². The van der Waals surface area contributed by atoms with Crippen LogP contribution in [0.25, 0.3) is 0 Å². The fourth-order valence-corrected chi connectivity index (χ4v) is 5.97. The van der Waals surface area contributed by atoms with Crippen LogP contribution in [0.15, 0.2) is 26.5 Å². The van der Waals surface area contributed by atoms with Gasteiger partial charge >= 0.3 is 0 Å². The van der Waals surface area contributed by atoms with E-state index in [1.54, 1.807) is 20.8 Å². The van der Waals surface area contributed by atoms with Crippen molar-refractivity contribution in [3.63, 3.8) is 0 Å². The number of hydrogen-bond donors (Lipinski definition) is 1. The topological polar surface area (TPSA) is 79.1 Å². The molecule has 5 nitrogen and oxygen atoms in total. The summed E-state index contributed by atoms with van der Waals surface area (Å²) in [4.78, 5) is 17.6. The molecule has 0 spiro atoms. The van der Waals surface area contributed by atoms with Crippen LogP contribution in [0.2, 0.25) is 0 Å². The summed E-state index contributed by atoms with van der Waals surface area (Å²) < 4.78 is 17.2. The number of aryl methyl sites for hydroxylation is 2. The van der Waals surface area contributed by atoms with Crippen LogP contribution >= 0.6 is 11.8 Å². The third-order valence-corrected chi connectivity index (χ3v) is 8.67. The molecule has 0 aliphatic heterocycles. The highest BCUT2D eigenvalue weighted by molar-refractivity contribution is 8.06. The molecule has 7 heteroatoms. The molecule has 1 aromatic rings. The van der Waals surface area contributed by atoms with E-state index in [0.717, 1.165) is 44.1 Å². The SMILES string of the molecule is CCS(=O)(C=N/C=C(\SC)C(C)(C)O)=NC(=O)Cc1c2c(cc3c1CCC3)CCC2. The maximum absolute atomic E-state index is 13.1. The summed E-state index contributed by atoms with van der Waals surface area (Å²) in [6.07, 6.45) is 10.1. The number of hydrogen-bond acceptors (Lipinski definition) is 5. The summed E-state index contributed by atoms with van der Waals surface area (Å²) >= 11 is 1.38. The van der Waals surface area contributed by atoms with Crippen LogP contribution in [0.5, 0.6) is 0 Å². The van der Waals surface area contributed by atoms with Crippen molar-refractivity contribution in [3.05, 3.63) is 45.0 Å². The highest BCUT2D eigenvalue weighted by Gasteiger charge is 2.25. The van der Waals surface area contributed by atoms with Crippen molar-refractivity contribution in [2.75, 3.05) is 12.0 Å².